The van der Waals surface area contributed by atoms with E-state index in [2.05, 4.69) is 59.2 Å². The summed E-state index contributed by atoms with van der Waals surface area (Å²) in [6, 6.07) is 8.79. The molecule has 1 N–H and O–H groups in total. The van der Waals surface area contributed by atoms with Gasteiger partial charge in [0.1, 0.15) is 0 Å². The van der Waals surface area contributed by atoms with Gasteiger partial charge >= 0.3 is 129 Å². The number of aliphatic hydroxyl groups excluding tert-OH is 1. The molecule has 0 amide bonds. The number of hydrogen-bond acceptors (Lipinski definition) is 1. The first-order chi connectivity index (χ1) is 9.85. The molecule has 0 aromatic heterocycles. The number of benzene rings is 1. The third-order valence-electron chi connectivity index (χ3n) is 4.20. The zero-order valence-corrected chi connectivity index (χ0v) is 16.6. The maximum Gasteiger partial charge on any atom is -1.00 e. The molecule has 1 aromatic carbocycles. The fourth-order valence-electron chi connectivity index (χ4n) is 3.27. The number of halogens is 2. The second-order valence-corrected chi connectivity index (χ2v) is 12.0. The van der Waals surface area contributed by atoms with Gasteiger partial charge in [-0.3, -0.25) is 0 Å². The standard InChI is InChI=1S/C9H7.C7H9O.C2H4.2ClH.Zr/c1-2-5-9-7-3-6-8(9)4-1;8-6-5-7-3-1-2-4-7;1-2;;;/h1-7H;1,3,8H,2,5-6H2;1H,2H3;2*1H;/q;;;;;+2/p-2. The molecule has 0 heterocycles. The molecule has 1 unspecified atom stereocenters. The molecule has 1 nitrogen and oxygen atoms in total. The topological polar surface area (TPSA) is 20.2 Å². The van der Waals surface area contributed by atoms with Crippen molar-refractivity contribution in [3.05, 3.63) is 62.5 Å². The molecule has 4 heteroatoms. The Hall–Kier alpha value is -0.267. The van der Waals surface area contributed by atoms with Crippen molar-refractivity contribution in [3.8, 4) is 0 Å². The minimum absolute atomic E-state index is 0. The first-order valence-electron chi connectivity index (χ1n) is 7.28. The summed E-state index contributed by atoms with van der Waals surface area (Å²) in [5.41, 5.74) is 4.33. The van der Waals surface area contributed by atoms with Crippen molar-refractivity contribution in [1.29, 1.82) is 0 Å². The van der Waals surface area contributed by atoms with E-state index in [4.69, 9.17) is 0 Å². The molecule has 2 aliphatic rings. The third kappa shape index (κ3) is 3.79. The smallest absolute Gasteiger partial charge is 1.00 e. The van der Waals surface area contributed by atoms with E-state index < -0.39 is 21.3 Å². The van der Waals surface area contributed by atoms with Gasteiger partial charge in [-0.05, 0) is 0 Å². The summed E-state index contributed by atoms with van der Waals surface area (Å²) in [6.07, 6.45) is 11.2. The number of hydrogen-bond donors (Lipinski definition) is 1. The number of rotatable bonds is 4. The Morgan fingerprint density at radius 3 is 2.73 bits per heavy atom. The van der Waals surface area contributed by atoms with E-state index in [1.807, 2.05) is 0 Å². The van der Waals surface area contributed by atoms with Crippen LogP contribution in [0.5, 0.6) is 0 Å². The van der Waals surface area contributed by atoms with Gasteiger partial charge in [0.2, 0.25) is 0 Å². The third-order valence-corrected chi connectivity index (χ3v) is 11.6. The Morgan fingerprint density at radius 1 is 1.23 bits per heavy atom. The fourth-order valence-corrected chi connectivity index (χ4v) is 10.4. The number of aliphatic hydroxyl groups is 1. The average molecular weight is 414 g/mol. The van der Waals surface area contributed by atoms with Crippen LogP contribution in [0.2, 0.25) is 0 Å². The molecule has 0 bridgehead atoms. The molecular weight excluding hydrogens is 394 g/mol. The summed E-state index contributed by atoms with van der Waals surface area (Å²) in [5.74, 6) is 0. The Labute approximate surface area is 152 Å². The number of allylic oxidation sites excluding steroid dienone is 4. The molecule has 0 spiro atoms. The van der Waals surface area contributed by atoms with E-state index in [9.17, 15) is 5.11 Å². The largest absolute Gasteiger partial charge is 1.00 e. The molecule has 0 saturated carbocycles. The van der Waals surface area contributed by atoms with E-state index in [0.717, 1.165) is 12.8 Å². The fraction of sp³-hybridized carbons (Fsp3) is 0.278. The zero-order chi connectivity index (χ0) is 13.9. The molecule has 0 fully saturated rings. The minimum Gasteiger partial charge on any atom is -1.00 e. The van der Waals surface area contributed by atoms with Crippen molar-refractivity contribution in [2.24, 2.45) is 0 Å². The van der Waals surface area contributed by atoms with Crippen molar-refractivity contribution < 1.29 is 51.2 Å². The maximum absolute atomic E-state index is 9.25. The van der Waals surface area contributed by atoms with Gasteiger partial charge in [-0.25, -0.2) is 0 Å². The molecule has 1 aromatic rings. The molecule has 1 atom stereocenters. The SMILES string of the molecule is C[CH]=[Zr+2]([C]1=C(CCO)C=CC1)[CH]1C=Cc2ccccc21.[Cl-].[Cl-]. The van der Waals surface area contributed by atoms with E-state index in [0.29, 0.717) is 3.63 Å². The van der Waals surface area contributed by atoms with Crippen molar-refractivity contribution in [1.82, 2.24) is 0 Å². The van der Waals surface area contributed by atoms with Gasteiger partial charge < -0.3 is 24.8 Å². The predicted octanol–water partition coefficient (Wildman–Crippen LogP) is -2.20. The van der Waals surface area contributed by atoms with Crippen LogP contribution in [0.4, 0.5) is 0 Å². The maximum atomic E-state index is 9.25. The van der Waals surface area contributed by atoms with Crippen LogP contribution < -0.4 is 24.8 Å². The van der Waals surface area contributed by atoms with Gasteiger partial charge in [-0.1, -0.05) is 0 Å². The molecule has 0 radical (unpaired) electrons. The zero-order valence-electron chi connectivity index (χ0n) is 12.6. The van der Waals surface area contributed by atoms with Crippen LogP contribution in [0.1, 0.15) is 34.5 Å². The Balaban J connectivity index is 0.00000121. The Kier molecular flexibility index (Phi) is 8.21. The van der Waals surface area contributed by atoms with Crippen molar-refractivity contribution in [2.75, 3.05) is 6.61 Å². The van der Waals surface area contributed by atoms with E-state index in [1.54, 1.807) is 3.28 Å². The Morgan fingerprint density at radius 2 is 2.00 bits per heavy atom. The van der Waals surface area contributed by atoms with Crippen LogP contribution in [0, 0.1) is 0 Å². The minimum atomic E-state index is -1.81. The molecule has 0 aliphatic heterocycles. The van der Waals surface area contributed by atoms with E-state index in [-0.39, 0.29) is 31.4 Å². The van der Waals surface area contributed by atoms with Gasteiger partial charge in [0, 0.05) is 0 Å². The van der Waals surface area contributed by atoms with Gasteiger partial charge in [-0.15, -0.1) is 0 Å². The quantitative estimate of drug-likeness (QED) is 0.593. The van der Waals surface area contributed by atoms with Gasteiger partial charge in [0.25, 0.3) is 0 Å². The van der Waals surface area contributed by atoms with E-state index >= 15 is 0 Å². The van der Waals surface area contributed by atoms with Crippen molar-refractivity contribution >= 4 is 9.78 Å². The summed E-state index contributed by atoms with van der Waals surface area (Å²) in [6.45, 7) is 2.51. The summed E-state index contributed by atoms with van der Waals surface area (Å²) in [5, 5.41) is 9.25. The van der Waals surface area contributed by atoms with Crippen LogP contribution >= 0.6 is 0 Å². The molecule has 3 rings (SSSR count). The van der Waals surface area contributed by atoms with Crippen LogP contribution in [0.3, 0.4) is 0 Å². The van der Waals surface area contributed by atoms with E-state index in [1.165, 1.54) is 16.7 Å². The molecular formula is C18H20Cl2OZr. The summed E-state index contributed by atoms with van der Waals surface area (Å²) in [4.78, 5) is 0. The molecule has 116 valence electrons. The monoisotopic (exact) mass is 412 g/mol. The summed E-state index contributed by atoms with van der Waals surface area (Å²) >= 11 is -1.81. The molecule has 22 heavy (non-hydrogen) atoms. The van der Waals surface area contributed by atoms with Crippen molar-refractivity contribution in [2.45, 2.75) is 23.4 Å². The van der Waals surface area contributed by atoms with Crippen LogP contribution in [-0.4, -0.2) is 15.4 Å². The van der Waals surface area contributed by atoms with Gasteiger partial charge in [0.05, 0.1) is 0 Å². The first-order valence-corrected chi connectivity index (χ1v) is 11.3. The number of fused-ring (bicyclic) bond motifs is 1. The van der Waals surface area contributed by atoms with Crippen LogP contribution in [0.15, 0.2) is 51.3 Å². The predicted molar refractivity (Wildman–Crippen MR) is 82.4 cm³/mol. The van der Waals surface area contributed by atoms with Crippen LogP contribution in [0.25, 0.3) is 6.08 Å². The first kappa shape index (κ1) is 19.8. The second kappa shape index (κ2) is 9.13. The Bertz CT molecular complexity index is 644. The normalized spacial score (nSPS) is 18.2. The molecule has 0 saturated heterocycles. The average Bonchev–Trinajstić information content (AvgIpc) is 3.09. The van der Waals surface area contributed by atoms with Crippen molar-refractivity contribution in [3.63, 3.8) is 0 Å². The van der Waals surface area contributed by atoms with Crippen LogP contribution in [-0.2, 0) is 21.3 Å². The summed E-state index contributed by atoms with van der Waals surface area (Å²) in [7, 11) is 0. The van der Waals surface area contributed by atoms with Gasteiger partial charge in [0.15, 0.2) is 0 Å². The molecule has 2 aliphatic carbocycles. The summed E-state index contributed by atoms with van der Waals surface area (Å²) < 4.78 is 4.83. The second-order valence-electron chi connectivity index (χ2n) is 5.29. The van der Waals surface area contributed by atoms with Gasteiger partial charge in [-0.2, -0.15) is 0 Å².